The van der Waals surface area contributed by atoms with Crippen molar-refractivity contribution in [1.82, 2.24) is 4.90 Å². The molecule has 1 atom stereocenters. The highest BCUT2D eigenvalue weighted by molar-refractivity contribution is 5.78. The number of esters is 1. The van der Waals surface area contributed by atoms with Crippen LogP contribution in [-0.2, 0) is 19.1 Å². The van der Waals surface area contributed by atoms with Crippen LogP contribution in [0.4, 0.5) is 0 Å². The monoisotopic (exact) mass is 229 g/mol. The average molecular weight is 229 g/mol. The van der Waals surface area contributed by atoms with Gasteiger partial charge in [0.05, 0.1) is 26.2 Å². The Bertz CT molecular complexity index is 265. The average Bonchev–Trinajstić information content (AvgIpc) is 2.28. The summed E-state index contributed by atoms with van der Waals surface area (Å²) in [6, 6.07) is 0. The summed E-state index contributed by atoms with van der Waals surface area (Å²) >= 11 is 0. The van der Waals surface area contributed by atoms with Crippen LogP contribution in [0, 0.1) is 5.92 Å². The van der Waals surface area contributed by atoms with Crippen molar-refractivity contribution in [3.8, 4) is 0 Å². The number of hydrogen-bond acceptors (Lipinski definition) is 4. The second-order valence-corrected chi connectivity index (χ2v) is 4.21. The predicted octanol–water partition coefficient (Wildman–Crippen LogP) is 0.433. The zero-order valence-corrected chi connectivity index (χ0v) is 10.1. The number of amides is 1. The van der Waals surface area contributed by atoms with Crippen LogP contribution in [0.3, 0.4) is 0 Å². The minimum absolute atomic E-state index is 0.0168. The molecule has 1 aliphatic heterocycles. The smallest absolute Gasteiger partial charge is 0.308 e. The van der Waals surface area contributed by atoms with Crippen LogP contribution in [0.15, 0.2) is 0 Å². The third kappa shape index (κ3) is 3.48. The molecule has 1 saturated heterocycles. The fraction of sp³-hybridized carbons (Fsp3) is 0.818. The summed E-state index contributed by atoms with van der Waals surface area (Å²) in [6.45, 7) is 5.31. The number of rotatable bonds is 3. The van der Waals surface area contributed by atoms with E-state index >= 15 is 0 Å². The molecule has 0 aromatic rings. The Hall–Kier alpha value is -1.10. The van der Waals surface area contributed by atoms with Crippen molar-refractivity contribution in [2.45, 2.75) is 26.4 Å². The van der Waals surface area contributed by atoms with E-state index in [1.807, 2.05) is 13.8 Å². The number of nitrogens with zero attached hydrogens (tertiary/aromatic N) is 1. The van der Waals surface area contributed by atoms with Crippen LogP contribution in [0.25, 0.3) is 0 Å². The second-order valence-electron chi connectivity index (χ2n) is 4.21. The largest absolute Gasteiger partial charge is 0.469 e. The fourth-order valence-electron chi connectivity index (χ4n) is 1.68. The van der Waals surface area contributed by atoms with Crippen LogP contribution >= 0.6 is 0 Å². The Morgan fingerprint density at radius 1 is 1.50 bits per heavy atom. The first-order chi connectivity index (χ1) is 7.54. The van der Waals surface area contributed by atoms with E-state index in [0.29, 0.717) is 19.7 Å². The summed E-state index contributed by atoms with van der Waals surface area (Å²) in [6.07, 6.45) is -0.0258. The molecule has 0 radical (unpaired) electrons. The van der Waals surface area contributed by atoms with Crippen molar-refractivity contribution in [3.63, 3.8) is 0 Å². The lowest BCUT2D eigenvalue weighted by Crippen LogP contribution is -2.47. The first-order valence-electron chi connectivity index (χ1n) is 5.51. The molecule has 16 heavy (non-hydrogen) atoms. The fourth-order valence-corrected chi connectivity index (χ4v) is 1.68. The quantitative estimate of drug-likeness (QED) is 0.659. The van der Waals surface area contributed by atoms with E-state index in [1.165, 1.54) is 7.11 Å². The van der Waals surface area contributed by atoms with Crippen LogP contribution in [0.5, 0.6) is 0 Å². The van der Waals surface area contributed by atoms with Gasteiger partial charge in [0.2, 0.25) is 5.91 Å². The van der Waals surface area contributed by atoms with E-state index in [2.05, 4.69) is 4.74 Å². The molecular weight excluding hydrogens is 210 g/mol. The SMILES string of the molecule is COC(=O)CC1CN(C(=O)C(C)C)CCO1. The number of carbonyl (C=O) groups excluding carboxylic acids is 2. The van der Waals surface area contributed by atoms with Gasteiger partial charge in [0.1, 0.15) is 0 Å². The summed E-state index contributed by atoms with van der Waals surface area (Å²) < 4.78 is 9.99. The third-order valence-electron chi connectivity index (χ3n) is 2.57. The van der Waals surface area contributed by atoms with Gasteiger partial charge in [0.15, 0.2) is 0 Å². The highest BCUT2D eigenvalue weighted by Crippen LogP contribution is 2.12. The minimum Gasteiger partial charge on any atom is -0.469 e. The number of hydrogen-bond donors (Lipinski definition) is 0. The lowest BCUT2D eigenvalue weighted by atomic mass is 10.1. The Kier molecular flexibility index (Phi) is 4.73. The molecule has 1 heterocycles. The van der Waals surface area contributed by atoms with Crippen molar-refractivity contribution in [1.29, 1.82) is 0 Å². The van der Waals surface area contributed by atoms with Crippen molar-refractivity contribution >= 4 is 11.9 Å². The van der Waals surface area contributed by atoms with Gasteiger partial charge in [0.25, 0.3) is 0 Å². The molecule has 1 unspecified atom stereocenters. The van der Waals surface area contributed by atoms with Gasteiger partial charge in [0, 0.05) is 19.0 Å². The molecule has 1 rings (SSSR count). The van der Waals surface area contributed by atoms with Crippen LogP contribution in [0.2, 0.25) is 0 Å². The molecule has 1 aliphatic rings. The van der Waals surface area contributed by atoms with Crippen LogP contribution in [-0.4, -0.2) is 49.7 Å². The van der Waals surface area contributed by atoms with Crippen molar-refractivity contribution < 1.29 is 19.1 Å². The van der Waals surface area contributed by atoms with Crippen molar-refractivity contribution in [3.05, 3.63) is 0 Å². The normalized spacial score (nSPS) is 21.0. The lowest BCUT2D eigenvalue weighted by molar-refractivity contribution is -0.151. The third-order valence-corrected chi connectivity index (χ3v) is 2.57. The van der Waals surface area contributed by atoms with E-state index in [4.69, 9.17) is 4.74 Å². The summed E-state index contributed by atoms with van der Waals surface area (Å²) in [5.74, 6) is -0.209. The van der Waals surface area contributed by atoms with E-state index < -0.39 is 0 Å². The van der Waals surface area contributed by atoms with E-state index in [-0.39, 0.29) is 30.3 Å². The lowest BCUT2D eigenvalue weighted by Gasteiger charge is -2.33. The standard InChI is InChI=1S/C11H19NO4/c1-8(2)11(14)12-4-5-16-9(7-12)6-10(13)15-3/h8-9H,4-7H2,1-3H3. The van der Waals surface area contributed by atoms with Crippen molar-refractivity contribution in [2.75, 3.05) is 26.8 Å². The predicted molar refractivity (Wildman–Crippen MR) is 57.8 cm³/mol. The second kappa shape index (κ2) is 5.84. The van der Waals surface area contributed by atoms with Gasteiger partial charge in [-0.1, -0.05) is 13.8 Å². The van der Waals surface area contributed by atoms with Gasteiger partial charge in [-0.3, -0.25) is 9.59 Å². The first-order valence-corrected chi connectivity index (χ1v) is 5.51. The highest BCUT2D eigenvalue weighted by Gasteiger charge is 2.27. The number of ether oxygens (including phenoxy) is 2. The molecule has 5 nitrogen and oxygen atoms in total. The Morgan fingerprint density at radius 3 is 2.75 bits per heavy atom. The molecule has 1 fully saturated rings. The maximum atomic E-state index is 11.8. The summed E-state index contributed by atoms with van der Waals surface area (Å²) in [5.41, 5.74) is 0. The van der Waals surface area contributed by atoms with Crippen LogP contribution < -0.4 is 0 Å². The van der Waals surface area contributed by atoms with E-state index in [1.54, 1.807) is 4.90 Å². The molecule has 0 bridgehead atoms. The van der Waals surface area contributed by atoms with Gasteiger partial charge in [-0.05, 0) is 0 Å². The maximum absolute atomic E-state index is 11.8. The molecule has 92 valence electrons. The first kappa shape index (κ1) is 13.0. The number of methoxy groups -OCH3 is 1. The number of carbonyl (C=O) groups is 2. The zero-order valence-electron chi connectivity index (χ0n) is 10.1. The molecule has 0 aliphatic carbocycles. The van der Waals surface area contributed by atoms with Gasteiger partial charge in [-0.2, -0.15) is 0 Å². The van der Waals surface area contributed by atoms with Gasteiger partial charge in [-0.15, -0.1) is 0 Å². The van der Waals surface area contributed by atoms with Crippen molar-refractivity contribution in [2.24, 2.45) is 5.92 Å². The molecule has 0 spiro atoms. The van der Waals surface area contributed by atoms with Gasteiger partial charge >= 0.3 is 5.97 Å². The summed E-state index contributed by atoms with van der Waals surface area (Å²) in [5, 5.41) is 0. The Morgan fingerprint density at radius 2 is 2.19 bits per heavy atom. The molecule has 1 amide bonds. The highest BCUT2D eigenvalue weighted by atomic mass is 16.5. The molecule has 0 N–H and O–H groups in total. The van der Waals surface area contributed by atoms with E-state index in [9.17, 15) is 9.59 Å². The Labute approximate surface area is 95.7 Å². The van der Waals surface area contributed by atoms with Gasteiger partial charge in [-0.25, -0.2) is 0 Å². The minimum atomic E-state index is -0.302. The van der Waals surface area contributed by atoms with E-state index in [0.717, 1.165) is 0 Å². The Balaban J connectivity index is 2.47. The van der Waals surface area contributed by atoms with Gasteiger partial charge < -0.3 is 14.4 Å². The molecule has 5 heteroatoms. The summed E-state index contributed by atoms with van der Waals surface area (Å²) in [7, 11) is 1.35. The number of morpholine rings is 1. The molecule has 0 aromatic heterocycles. The topological polar surface area (TPSA) is 55.8 Å². The molecule has 0 aromatic carbocycles. The summed E-state index contributed by atoms with van der Waals surface area (Å²) in [4.78, 5) is 24.6. The molecule has 0 saturated carbocycles. The zero-order chi connectivity index (χ0) is 12.1. The molecular formula is C11H19NO4. The maximum Gasteiger partial charge on any atom is 0.308 e. The van der Waals surface area contributed by atoms with Crippen LogP contribution in [0.1, 0.15) is 20.3 Å².